The zero-order chi connectivity index (χ0) is 20.6. The molecule has 0 aliphatic heterocycles. The minimum atomic E-state index is -6.46. The quantitative estimate of drug-likeness (QED) is 0.719. The summed E-state index contributed by atoms with van der Waals surface area (Å²) in [5, 5.41) is 0. The van der Waals surface area contributed by atoms with Crippen molar-refractivity contribution < 1.29 is 44.7 Å². The Kier molecular flexibility index (Phi) is 5.08. The van der Waals surface area contributed by atoms with Gasteiger partial charge in [-0.2, -0.15) is 30.7 Å². The minimum absolute atomic E-state index is 0.177. The smallest absolute Gasteiger partial charge is 0.454 e. The van der Waals surface area contributed by atoms with Crippen molar-refractivity contribution in [2.24, 2.45) is 5.73 Å². The molecule has 0 radical (unpaired) electrons. The predicted molar refractivity (Wildman–Crippen MR) is 76.3 cm³/mol. The Bertz CT molecular complexity index is 846. The molecular formula is C16H9F8NO2. The Balaban J connectivity index is 2.27. The molecule has 0 spiro atoms. The van der Waals surface area contributed by atoms with Crippen LogP contribution in [0.2, 0.25) is 0 Å². The average Bonchev–Trinajstić information content (AvgIpc) is 2.55. The molecule has 0 fully saturated rings. The third-order valence-electron chi connectivity index (χ3n) is 3.41. The van der Waals surface area contributed by atoms with Gasteiger partial charge in [0.1, 0.15) is 5.75 Å². The molecular weight excluding hydrogens is 390 g/mol. The highest BCUT2D eigenvalue weighted by Crippen LogP contribution is 2.51. The molecule has 0 aliphatic carbocycles. The third kappa shape index (κ3) is 3.81. The Hall–Kier alpha value is -2.85. The topological polar surface area (TPSA) is 52.3 Å². The summed E-state index contributed by atoms with van der Waals surface area (Å²) in [5.41, 5.74) is 3.16. The zero-order valence-electron chi connectivity index (χ0n) is 13.0. The molecule has 146 valence electrons. The standard InChI is InChI=1S/C16H9F8NO2/c17-11-7-8(13(25)26)1-6-12(11)27-10-4-2-9(3-5-10)14(18,19)15(20,21)16(22,23)24/h1-7H,(H2,25,26). The van der Waals surface area contributed by atoms with Gasteiger partial charge in [0.2, 0.25) is 5.91 Å². The highest BCUT2D eigenvalue weighted by atomic mass is 19.4. The van der Waals surface area contributed by atoms with Crippen molar-refractivity contribution in [1.82, 2.24) is 0 Å². The monoisotopic (exact) mass is 399 g/mol. The van der Waals surface area contributed by atoms with Crippen LogP contribution in [0.3, 0.4) is 0 Å². The number of carbonyl (C=O) groups excluding carboxylic acids is 1. The first-order valence-electron chi connectivity index (χ1n) is 6.97. The van der Waals surface area contributed by atoms with E-state index in [1.165, 1.54) is 0 Å². The van der Waals surface area contributed by atoms with Crippen LogP contribution >= 0.6 is 0 Å². The predicted octanol–water partition coefficient (Wildman–Crippen LogP) is 5.01. The number of nitrogens with two attached hydrogens (primary N) is 1. The number of amides is 1. The third-order valence-corrected chi connectivity index (χ3v) is 3.41. The Morgan fingerprint density at radius 2 is 1.44 bits per heavy atom. The molecule has 1 amide bonds. The van der Waals surface area contributed by atoms with Gasteiger partial charge >= 0.3 is 18.0 Å². The normalized spacial score (nSPS) is 12.7. The molecule has 0 aliphatic rings. The second kappa shape index (κ2) is 6.71. The van der Waals surface area contributed by atoms with Crippen LogP contribution in [0.15, 0.2) is 42.5 Å². The lowest BCUT2D eigenvalue weighted by atomic mass is 10.0. The molecule has 0 aromatic heterocycles. The summed E-state index contributed by atoms with van der Waals surface area (Å²) in [6.07, 6.45) is -6.46. The van der Waals surface area contributed by atoms with Gasteiger partial charge in [0.05, 0.1) is 0 Å². The van der Waals surface area contributed by atoms with E-state index in [2.05, 4.69) is 0 Å². The fraction of sp³-hybridized carbons (Fsp3) is 0.188. The summed E-state index contributed by atoms with van der Waals surface area (Å²) in [4.78, 5) is 10.9. The number of primary amides is 1. The fourth-order valence-corrected chi connectivity index (χ4v) is 1.96. The molecule has 0 saturated heterocycles. The highest BCUT2D eigenvalue weighted by Gasteiger charge is 2.73. The van der Waals surface area contributed by atoms with E-state index in [1.54, 1.807) is 0 Å². The Labute approximate surface area is 146 Å². The number of rotatable bonds is 5. The van der Waals surface area contributed by atoms with Crippen molar-refractivity contribution in [3.63, 3.8) is 0 Å². The molecule has 2 aromatic rings. The fourth-order valence-electron chi connectivity index (χ4n) is 1.96. The summed E-state index contributed by atoms with van der Waals surface area (Å²) < 4.78 is 108. The van der Waals surface area contributed by atoms with Crippen LogP contribution in [0.5, 0.6) is 11.5 Å². The lowest BCUT2D eigenvalue weighted by Crippen LogP contribution is -2.49. The van der Waals surface area contributed by atoms with Crippen LogP contribution in [0.4, 0.5) is 35.1 Å². The van der Waals surface area contributed by atoms with Crippen LogP contribution < -0.4 is 10.5 Å². The van der Waals surface area contributed by atoms with E-state index >= 15 is 0 Å². The van der Waals surface area contributed by atoms with E-state index in [0.717, 1.165) is 18.2 Å². The van der Waals surface area contributed by atoms with Crippen LogP contribution in [0.1, 0.15) is 15.9 Å². The highest BCUT2D eigenvalue weighted by molar-refractivity contribution is 5.92. The van der Waals surface area contributed by atoms with Crippen molar-refractivity contribution in [2.45, 2.75) is 18.0 Å². The molecule has 0 heterocycles. The van der Waals surface area contributed by atoms with Crippen molar-refractivity contribution in [1.29, 1.82) is 0 Å². The molecule has 3 nitrogen and oxygen atoms in total. The summed E-state index contributed by atoms with van der Waals surface area (Å²) in [7, 11) is 0. The minimum Gasteiger partial charge on any atom is -0.454 e. The molecule has 0 atom stereocenters. The van der Waals surface area contributed by atoms with Gasteiger partial charge in [-0.1, -0.05) is 0 Å². The lowest BCUT2D eigenvalue weighted by molar-refractivity contribution is -0.359. The van der Waals surface area contributed by atoms with Gasteiger partial charge in [0, 0.05) is 11.1 Å². The van der Waals surface area contributed by atoms with Crippen LogP contribution in [-0.4, -0.2) is 18.0 Å². The van der Waals surface area contributed by atoms with E-state index < -0.39 is 41.1 Å². The molecule has 0 unspecified atom stereocenters. The SMILES string of the molecule is NC(=O)c1ccc(Oc2ccc(C(F)(F)C(F)(F)C(F)(F)F)cc2)c(F)c1. The number of carbonyl (C=O) groups is 1. The van der Waals surface area contributed by atoms with E-state index in [0.29, 0.717) is 24.3 Å². The van der Waals surface area contributed by atoms with Crippen molar-refractivity contribution in [3.05, 3.63) is 59.4 Å². The summed E-state index contributed by atoms with van der Waals surface area (Å²) in [6, 6.07) is 4.76. The zero-order valence-corrected chi connectivity index (χ0v) is 13.0. The average molecular weight is 399 g/mol. The number of benzene rings is 2. The van der Waals surface area contributed by atoms with Gasteiger partial charge in [0.25, 0.3) is 0 Å². The van der Waals surface area contributed by atoms with Crippen LogP contribution in [0, 0.1) is 5.82 Å². The van der Waals surface area contributed by atoms with Gasteiger partial charge < -0.3 is 10.5 Å². The van der Waals surface area contributed by atoms with E-state index in [9.17, 15) is 39.9 Å². The molecule has 0 saturated carbocycles. The molecule has 2 N–H and O–H groups in total. The second-order valence-electron chi connectivity index (χ2n) is 5.28. The van der Waals surface area contributed by atoms with Crippen molar-refractivity contribution in [2.75, 3.05) is 0 Å². The molecule has 2 rings (SSSR count). The second-order valence-corrected chi connectivity index (χ2v) is 5.28. The van der Waals surface area contributed by atoms with Gasteiger partial charge in [-0.15, -0.1) is 0 Å². The summed E-state index contributed by atoms with van der Waals surface area (Å²) >= 11 is 0. The number of halogens is 8. The van der Waals surface area contributed by atoms with Crippen LogP contribution in [-0.2, 0) is 5.92 Å². The number of hydrogen-bond donors (Lipinski definition) is 1. The maximum atomic E-state index is 13.8. The first-order chi connectivity index (χ1) is 12.3. The van der Waals surface area contributed by atoms with Gasteiger partial charge in [-0.3, -0.25) is 4.79 Å². The number of hydrogen-bond acceptors (Lipinski definition) is 2. The van der Waals surface area contributed by atoms with Crippen LogP contribution in [0.25, 0.3) is 0 Å². The molecule has 27 heavy (non-hydrogen) atoms. The van der Waals surface area contributed by atoms with E-state index in [1.807, 2.05) is 0 Å². The van der Waals surface area contributed by atoms with Crippen molar-refractivity contribution >= 4 is 5.91 Å². The van der Waals surface area contributed by atoms with Gasteiger partial charge in [-0.05, 0) is 42.5 Å². The summed E-state index contributed by atoms with van der Waals surface area (Å²) in [5.74, 6) is -14.6. The summed E-state index contributed by atoms with van der Waals surface area (Å²) in [6.45, 7) is 0. The lowest BCUT2D eigenvalue weighted by Gasteiger charge is -2.28. The van der Waals surface area contributed by atoms with E-state index in [4.69, 9.17) is 10.5 Å². The maximum Gasteiger partial charge on any atom is 0.460 e. The molecule has 0 bridgehead atoms. The maximum absolute atomic E-state index is 13.8. The van der Waals surface area contributed by atoms with E-state index in [-0.39, 0.29) is 11.3 Å². The molecule has 2 aromatic carbocycles. The first kappa shape index (κ1) is 20.5. The number of alkyl halides is 7. The first-order valence-corrected chi connectivity index (χ1v) is 6.97. The van der Waals surface area contributed by atoms with Gasteiger partial charge in [-0.25, -0.2) is 4.39 Å². The van der Waals surface area contributed by atoms with Crippen molar-refractivity contribution in [3.8, 4) is 11.5 Å². The van der Waals surface area contributed by atoms with Gasteiger partial charge in [0.15, 0.2) is 11.6 Å². The largest absolute Gasteiger partial charge is 0.460 e. The Morgan fingerprint density at radius 3 is 1.89 bits per heavy atom. The molecule has 11 heteroatoms. The Morgan fingerprint density at radius 1 is 0.889 bits per heavy atom. The number of ether oxygens (including phenoxy) is 1.